The van der Waals surface area contributed by atoms with Crippen molar-refractivity contribution in [3.63, 3.8) is 0 Å². The zero-order valence-electron chi connectivity index (χ0n) is 17.9. The molecule has 0 fully saturated rings. The molecule has 0 amide bonds. The van der Waals surface area contributed by atoms with E-state index < -0.39 is 33.8 Å². The van der Waals surface area contributed by atoms with E-state index in [4.69, 9.17) is 12.3 Å². The Kier molecular flexibility index (Phi) is 10.5. The number of hydrogen-bond acceptors (Lipinski definition) is 3. The van der Waals surface area contributed by atoms with Crippen molar-refractivity contribution < 1.29 is 12.3 Å². The molecule has 3 nitrogen and oxygen atoms in total. The summed E-state index contributed by atoms with van der Waals surface area (Å²) in [6.07, 6.45) is 7.60. The minimum atomic E-state index is -2.14. The predicted octanol–water partition coefficient (Wildman–Crippen LogP) is 6.65. The highest BCUT2D eigenvalue weighted by atomic mass is 28.5. The maximum atomic E-state index is 6.62. The Hall–Kier alpha value is 0.748. The van der Waals surface area contributed by atoms with Crippen LogP contribution in [-0.2, 0) is 12.3 Å². The van der Waals surface area contributed by atoms with Gasteiger partial charge in [0.05, 0.1) is 0 Å². The van der Waals surface area contributed by atoms with Crippen LogP contribution in [0.1, 0.15) is 38.5 Å². The molecule has 0 spiro atoms. The molecule has 0 aromatic carbocycles. The third-order valence-corrected chi connectivity index (χ3v) is 17.7. The van der Waals surface area contributed by atoms with Gasteiger partial charge in [0, 0.05) is 0 Å². The van der Waals surface area contributed by atoms with E-state index in [1.165, 1.54) is 38.1 Å². The fourth-order valence-electron chi connectivity index (χ4n) is 3.35. The number of unbranched alkanes of at least 4 members (excludes halogenated alkanes) is 5. The van der Waals surface area contributed by atoms with Crippen LogP contribution in [0, 0.1) is 6.92 Å². The van der Waals surface area contributed by atoms with E-state index in [-0.39, 0.29) is 0 Å². The van der Waals surface area contributed by atoms with Crippen LogP contribution in [0.15, 0.2) is 0 Å². The van der Waals surface area contributed by atoms with Gasteiger partial charge in [-0.05, 0) is 65.0 Å². The van der Waals surface area contributed by atoms with Crippen molar-refractivity contribution in [1.29, 1.82) is 0 Å². The largest absolute Gasteiger partial charge is 0.437 e. The van der Waals surface area contributed by atoms with Crippen LogP contribution in [-0.4, -0.2) is 33.8 Å². The zero-order chi connectivity index (χ0) is 19.1. The molecular weight excluding hydrogens is 365 g/mol. The van der Waals surface area contributed by atoms with Gasteiger partial charge in [-0.3, -0.25) is 0 Å². The van der Waals surface area contributed by atoms with Crippen molar-refractivity contribution in [3.05, 3.63) is 6.92 Å². The maximum Gasteiger partial charge on any atom is 0.312 e. The Morgan fingerprint density at radius 1 is 0.583 bits per heavy atom. The second-order valence-electron chi connectivity index (χ2n) is 9.35. The topological polar surface area (TPSA) is 27.7 Å². The summed E-state index contributed by atoms with van der Waals surface area (Å²) in [4.78, 5) is 0. The molecule has 0 saturated carbocycles. The van der Waals surface area contributed by atoms with Gasteiger partial charge in [0.15, 0.2) is 16.6 Å². The smallest absolute Gasteiger partial charge is 0.312 e. The van der Waals surface area contributed by atoms with E-state index in [1.807, 2.05) is 0 Å². The first-order valence-corrected chi connectivity index (χ1v) is 21.7. The van der Waals surface area contributed by atoms with E-state index in [0.717, 1.165) is 6.42 Å². The van der Waals surface area contributed by atoms with Gasteiger partial charge in [0.25, 0.3) is 0 Å². The number of rotatable bonds is 13. The lowest BCUT2D eigenvalue weighted by Gasteiger charge is -2.40. The second-order valence-corrected chi connectivity index (χ2v) is 25.6. The van der Waals surface area contributed by atoms with Gasteiger partial charge in [-0.15, -0.1) is 0 Å². The van der Waals surface area contributed by atoms with E-state index in [9.17, 15) is 0 Å². The molecule has 7 heteroatoms. The molecule has 0 heterocycles. The SMILES string of the molecule is [CH2]CCCCCCC[Si](C)(C)O[Si](C)(C)O[Si](C)(C)O[Si](C)(C)C. The zero-order valence-corrected chi connectivity index (χ0v) is 21.9. The summed E-state index contributed by atoms with van der Waals surface area (Å²) >= 11 is 0. The van der Waals surface area contributed by atoms with Gasteiger partial charge in [0.1, 0.15) is 0 Å². The molecule has 0 saturated heterocycles. The average molecular weight is 408 g/mol. The average Bonchev–Trinajstić information content (AvgIpc) is 2.26. The van der Waals surface area contributed by atoms with Gasteiger partial charge < -0.3 is 12.3 Å². The van der Waals surface area contributed by atoms with Crippen molar-refractivity contribution in [2.24, 2.45) is 0 Å². The van der Waals surface area contributed by atoms with Gasteiger partial charge >= 0.3 is 17.1 Å². The van der Waals surface area contributed by atoms with Crippen molar-refractivity contribution in [2.75, 3.05) is 0 Å². The molecule has 24 heavy (non-hydrogen) atoms. The van der Waals surface area contributed by atoms with Gasteiger partial charge in [-0.25, -0.2) is 0 Å². The first-order chi connectivity index (χ1) is 10.7. The van der Waals surface area contributed by atoms with Gasteiger partial charge in [-0.2, -0.15) is 0 Å². The first kappa shape index (κ1) is 24.7. The molecule has 0 atom stereocenters. The van der Waals surface area contributed by atoms with E-state index in [0.29, 0.717) is 0 Å². The van der Waals surface area contributed by atoms with E-state index >= 15 is 0 Å². The monoisotopic (exact) mass is 407 g/mol. The van der Waals surface area contributed by atoms with Gasteiger partial charge in [0.2, 0.25) is 0 Å². The van der Waals surface area contributed by atoms with Crippen molar-refractivity contribution in [1.82, 2.24) is 0 Å². The molecular formula is C17H43O3Si4. The van der Waals surface area contributed by atoms with Crippen LogP contribution in [0.4, 0.5) is 0 Å². The minimum Gasteiger partial charge on any atom is -0.437 e. The lowest BCUT2D eigenvalue weighted by molar-refractivity contribution is 0.329. The van der Waals surface area contributed by atoms with Crippen LogP contribution >= 0.6 is 0 Å². The Bertz CT molecular complexity index is 352. The predicted molar refractivity (Wildman–Crippen MR) is 117 cm³/mol. The molecule has 0 aromatic rings. The van der Waals surface area contributed by atoms with Crippen LogP contribution < -0.4 is 0 Å². The van der Waals surface area contributed by atoms with Crippen LogP contribution in [0.25, 0.3) is 0 Å². The fraction of sp³-hybridized carbons (Fsp3) is 0.941. The summed E-state index contributed by atoms with van der Waals surface area (Å²) in [5.74, 6) is 0. The molecule has 0 bridgehead atoms. The summed E-state index contributed by atoms with van der Waals surface area (Å²) in [7, 11) is -7.50. The lowest BCUT2D eigenvalue weighted by Crippen LogP contribution is -2.55. The van der Waals surface area contributed by atoms with Crippen LogP contribution in [0.2, 0.25) is 65.0 Å². The summed E-state index contributed by atoms with van der Waals surface area (Å²) in [5, 5.41) is 0. The minimum absolute atomic E-state index is 1.07. The number of hydrogen-bond donors (Lipinski definition) is 0. The Labute approximate surface area is 156 Å². The molecule has 0 aliphatic rings. The third kappa shape index (κ3) is 14.0. The summed E-state index contributed by atoms with van der Waals surface area (Å²) in [6.45, 7) is 24.0. The maximum absolute atomic E-state index is 6.62. The standard InChI is InChI=1S/C17H43O3Si4/c1-11-12-13-14-15-16-17-22(5,6)19-24(9,10)20-23(7,8)18-21(2,3)4/h1,11-17H2,2-10H3. The molecule has 0 aliphatic carbocycles. The summed E-state index contributed by atoms with van der Waals surface area (Å²) in [6, 6.07) is 1.23. The van der Waals surface area contributed by atoms with E-state index in [2.05, 4.69) is 65.8 Å². The molecule has 145 valence electrons. The molecule has 0 unspecified atom stereocenters. The van der Waals surface area contributed by atoms with Crippen LogP contribution in [0.3, 0.4) is 0 Å². The fourth-order valence-corrected chi connectivity index (χ4v) is 21.9. The van der Waals surface area contributed by atoms with Crippen molar-refractivity contribution in [2.45, 2.75) is 103 Å². The summed E-state index contributed by atoms with van der Waals surface area (Å²) < 4.78 is 19.4. The molecule has 0 N–H and O–H groups in total. The van der Waals surface area contributed by atoms with Crippen LogP contribution in [0.5, 0.6) is 0 Å². The molecule has 0 rings (SSSR count). The Morgan fingerprint density at radius 3 is 1.54 bits per heavy atom. The Morgan fingerprint density at radius 2 is 1.04 bits per heavy atom. The van der Waals surface area contributed by atoms with Crippen molar-refractivity contribution >= 4 is 33.8 Å². The second kappa shape index (κ2) is 10.2. The Balaban J connectivity index is 4.39. The van der Waals surface area contributed by atoms with Crippen molar-refractivity contribution in [3.8, 4) is 0 Å². The quantitative estimate of drug-likeness (QED) is 0.252. The van der Waals surface area contributed by atoms with E-state index in [1.54, 1.807) is 0 Å². The third-order valence-electron chi connectivity index (χ3n) is 3.59. The molecule has 1 radical (unpaired) electrons. The highest BCUT2D eigenvalue weighted by Gasteiger charge is 2.42. The first-order valence-electron chi connectivity index (χ1n) is 9.58. The summed E-state index contributed by atoms with van der Waals surface area (Å²) in [5.41, 5.74) is 0. The molecule has 0 aromatic heterocycles. The highest BCUT2D eigenvalue weighted by molar-refractivity contribution is 6.89. The van der Waals surface area contributed by atoms with Gasteiger partial charge in [-0.1, -0.05) is 45.4 Å². The molecule has 0 aliphatic heterocycles. The normalized spacial score (nSPS) is 14.2. The highest BCUT2D eigenvalue weighted by Crippen LogP contribution is 2.26. The lowest BCUT2D eigenvalue weighted by atomic mass is 10.1.